The van der Waals surface area contributed by atoms with Gasteiger partial charge in [-0.25, -0.2) is 9.59 Å². The summed E-state index contributed by atoms with van der Waals surface area (Å²) in [6, 6.07) is 11.1. The Morgan fingerprint density at radius 1 is 0.830 bits per heavy atom. The molecule has 13 nitrogen and oxygen atoms in total. The molecule has 1 aromatic carbocycles. The lowest BCUT2D eigenvalue weighted by molar-refractivity contribution is -0.347. The number of carbonyl (C=O) groups excluding carboxylic acids is 5. The predicted molar refractivity (Wildman–Crippen MR) is 161 cm³/mol. The predicted octanol–water partition coefficient (Wildman–Crippen LogP) is 2.97. The molecule has 252 valence electrons. The zero-order chi connectivity index (χ0) is 34.4. The molecule has 3 aliphatic rings. The third kappa shape index (κ3) is 5.65. The van der Waals surface area contributed by atoms with Crippen LogP contribution in [-0.2, 0) is 42.8 Å². The number of fused-ring (bicyclic) bond motifs is 1. The van der Waals surface area contributed by atoms with Gasteiger partial charge in [-0.2, -0.15) is 0 Å². The number of esters is 5. The van der Waals surface area contributed by atoms with E-state index in [1.807, 2.05) is 0 Å². The van der Waals surface area contributed by atoms with Crippen molar-refractivity contribution in [3.8, 4) is 0 Å². The number of hydrogen-bond donors (Lipinski definition) is 1. The highest BCUT2D eigenvalue weighted by Crippen LogP contribution is 2.69. The van der Waals surface area contributed by atoms with Crippen LogP contribution < -0.4 is 0 Å². The second-order valence-corrected chi connectivity index (χ2v) is 13.0. The van der Waals surface area contributed by atoms with E-state index in [0.717, 1.165) is 13.8 Å². The molecule has 0 radical (unpaired) electrons. The molecule has 47 heavy (non-hydrogen) atoms. The first kappa shape index (κ1) is 34.0. The summed E-state index contributed by atoms with van der Waals surface area (Å²) < 4.78 is 36.9. The Morgan fingerprint density at radius 2 is 1.47 bits per heavy atom. The van der Waals surface area contributed by atoms with Gasteiger partial charge in [0.15, 0.2) is 11.7 Å². The Morgan fingerprint density at radius 3 is 2.06 bits per heavy atom. The summed E-state index contributed by atoms with van der Waals surface area (Å²) >= 11 is 0. The van der Waals surface area contributed by atoms with Crippen LogP contribution in [0.25, 0.3) is 0 Å². The second-order valence-electron chi connectivity index (χ2n) is 13.0. The van der Waals surface area contributed by atoms with Gasteiger partial charge in [0.2, 0.25) is 0 Å². The summed E-state index contributed by atoms with van der Waals surface area (Å²) in [6.07, 6.45) is -2.97. The van der Waals surface area contributed by atoms with Crippen molar-refractivity contribution in [3.05, 3.63) is 66.0 Å². The van der Waals surface area contributed by atoms with Crippen molar-refractivity contribution in [1.29, 1.82) is 0 Å². The van der Waals surface area contributed by atoms with E-state index in [0.29, 0.717) is 0 Å². The average Bonchev–Trinajstić information content (AvgIpc) is 3.20. The molecule has 1 saturated heterocycles. The molecular formula is C34H39NO12. The first-order chi connectivity index (χ1) is 22.1. The van der Waals surface area contributed by atoms with E-state index in [9.17, 15) is 29.1 Å². The Hall–Kier alpha value is -4.36. The van der Waals surface area contributed by atoms with Crippen LogP contribution in [0.2, 0.25) is 0 Å². The summed E-state index contributed by atoms with van der Waals surface area (Å²) in [5, 5.41) is 12.4. The van der Waals surface area contributed by atoms with Gasteiger partial charge in [-0.05, 0) is 57.9 Å². The second kappa shape index (κ2) is 12.3. The van der Waals surface area contributed by atoms with Gasteiger partial charge in [0, 0.05) is 33.2 Å². The van der Waals surface area contributed by atoms with Gasteiger partial charge in [0.25, 0.3) is 0 Å². The molecular weight excluding hydrogens is 614 g/mol. The van der Waals surface area contributed by atoms with E-state index >= 15 is 0 Å². The molecule has 3 fully saturated rings. The van der Waals surface area contributed by atoms with Crippen LogP contribution in [0, 0.1) is 11.3 Å². The Balaban J connectivity index is 1.83. The van der Waals surface area contributed by atoms with E-state index in [-0.39, 0.29) is 24.0 Å². The van der Waals surface area contributed by atoms with E-state index < -0.39 is 89.0 Å². The molecule has 1 aromatic heterocycles. The number of carbonyl (C=O) groups is 5. The summed E-state index contributed by atoms with van der Waals surface area (Å²) in [7, 11) is 0. The topological polar surface area (TPSA) is 174 Å². The van der Waals surface area contributed by atoms with Gasteiger partial charge in [-0.15, -0.1) is 0 Å². The maximum Gasteiger partial charge on any atom is 0.340 e. The number of rotatable bonds is 8. The normalized spacial score (nSPS) is 33.5. The van der Waals surface area contributed by atoms with Crippen molar-refractivity contribution in [1.82, 2.24) is 4.98 Å². The highest BCUT2D eigenvalue weighted by molar-refractivity contribution is 5.90. The maximum absolute atomic E-state index is 13.9. The number of pyridine rings is 1. The van der Waals surface area contributed by atoms with Crippen LogP contribution in [-0.4, -0.2) is 87.8 Å². The Bertz CT molecular complexity index is 1540. The monoisotopic (exact) mass is 653 g/mol. The molecule has 1 N–H and O–H groups in total. The van der Waals surface area contributed by atoms with E-state index in [4.69, 9.17) is 28.4 Å². The quantitative estimate of drug-likeness (QED) is 0.326. The number of hydrogen-bond acceptors (Lipinski definition) is 13. The fraction of sp³-hybridized carbons (Fsp3) is 0.529. The summed E-state index contributed by atoms with van der Waals surface area (Å²) in [6.45, 7) is 7.65. The largest absolute Gasteiger partial charge is 0.465 e. The first-order valence-corrected chi connectivity index (χ1v) is 15.3. The van der Waals surface area contributed by atoms with Gasteiger partial charge in [-0.1, -0.05) is 18.2 Å². The van der Waals surface area contributed by atoms with Crippen LogP contribution >= 0.6 is 0 Å². The maximum atomic E-state index is 13.9. The lowest BCUT2D eigenvalue weighted by Gasteiger charge is -2.65. The standard InChI is InChI=1S/C34H39NO12/c1-19(36)42-18-33-24(45-30(40)23-13-10-16-35-17-23)14-15-32(6,41)34(33)27(44-21(3)38)25(31(4,5)47-34)26(43-20(2)37)28(33)46-29(39)22-11-8-7-9-12-22/h7-13,16-17,24-28,41H,14-15,18H2,1-6H3/t24-,25+,26+,27+,28+,32-,33-,34-/m0/s1. The number of ether oxygens (including phenoxy) is 6. The molecule has 13 heteroatoms. The molecule has 1 spiro atoms. The lowest BCUT2D eigenvalue weighted by Crippen LogP contribution is -2.83. The molecule has 2 aromatic rings. The summed E-state index contributed by atoms with van der Waals surface area (Å²) in [4.78, 5) is 69.7. The van der Waals surface area contributed by atoms with Crippen molar-refractivity contribution in [2.45, 2.75) is 95.6 Å². The van der Waals surface area contributed by atoms with Gasteiger partial charge < -0.3 is 33.5 Å². The molecule has 2 heterocycles. The zero-order valence-electron chi connectivity index (χ0n) is 27.1. The highest BCUT2D eigenvalue weighted by atomic mass is 16.6. The van der Waals surface area contributed by atoms with Crippen LogP contribution in [0.1, 0.15) is 75.1 Å². The minimum absolute atomic E-state index is 0.0437. The van der Waals surface area contributed by atoms with Crippen LogP contribution in [0.15, 0.2) is 54.9 Å². The zero-order valence-corrected chi connectivity index (χ0v) is 27.1. The van der Waals surface area contributed by atoms with Crippen molar-refractivity contribution in [3.63, 3.8) is 0 Å². The van der Waals surface area contributed by atoms with Crippen molar-refractivity contribution < 1.29 is 57.5 Å². The Labute approximate surface area is 271 Å². The molecule has 0 unspecified atom stereocenters. The van der Waals surface area contributed by atoms with Crippen molar-refractivity contribution >= 4 is 29.8 Å². The van der Waals surface area contributed by atoms with E-state index in [1.54, 1.807) is 38.1 Å². The van der Waals surface area contributed by atoms with E-state index in [2.05, 4.69) is 4.98 Å². The number of aromatic nitrogens is 1. The first-order valence-electron chi connectivity index (χ1n) is 15.3. The van der Waals surface area contributed by atoms with Crippen LogP contribution in [0.5, 0.6) is 0 Å². The molecule has 0 amide bonds. The van der Waals surface area contributed by atoms with Gasteiger partial charge >= 0.3 is 29.8 Å². The Kier molecular flexibility index (Phi) is 8.93. The molecule has 1 aliphatic heterocycles. The third-order valence-corrected chi connectivity index (χ3v) is 9.57. The third-order valence-electron chi connectivity index (χ3n) is 9.57. The van der Waals surface area contributed by atoms with Crippen LogP contribution in [0.3, 0.4) is 0 Å². The fourth-order valence-corrected chi connectivity index (χ4v) is 7.91. The molecule has 8 atom stereocenters. The smallest absolute Gasteiger partial charge is 0.340 e. The molecule has 5 rings (SSSR count). The molecule has 2 aliphatic carbocycles. The summed E-state index contributed by atoms with van der Waals surface area (Å²) in [5.41, 5.74) is -7.04. The average molecular weight is 654 g/mol. The van der Waals surface area contributed by atoms with Gasteiger partial charge in [0.1, 0.15) is 30.3 Å². The van der Waals surface area contributed by atoms with E-state index in [1.165, 1.54) is 44.4 Å². The lowest BCUT2D eigenvalue weighted by atomic mass is 9.46. The number of benzene rings is 1. The summed E-state index contributed by atoms with van der Waals surface area (Å²) in [5.74, 6) is -4.93. The highest BCUT2D eigenvalue weighted by Gasteiger charge is 2.87. The number of nitrogens with zero attached hydrogens (tertiary/aromatic N) is 1. The van der Waals surface area contributed by atoms with Gasteiger partial charge in [-0.3, -0.25) is 19.4 Å². The SMILES string of the molecule is CC(=O)OC[C@@]12[C@@H](OC(=O)c3cccnc3)CC[C@](C)(O)[C@]13OC(C)(C)[C@H]([C@@H](OC(C)=O)[C@H]2OC(=O)c1ccccc1)[C@H]3OC(C)=O. The minimum atomic E-state index is -2.05. The van der Waals surface area contributed by atoms with Crippen molar-refractivity contribution in [2.75, 3.05) is 6.61 Å². The molecule has 2 bridgehead atoms. The minimum Gasteiger partial charge on any atom is -0.465 e. The molecule has 2 saturated carbocycles. The van der Waals surface area contributed by atoms with Crippen LogP contribution in [0.4, 0.5) is 0 Å². The van der Waals surface area contributed by atoms with Crippen molar-refractivity contribution in [2.24, 2.45) is 11.3 Å². The number of aliphatic hydroxyl groups is 1. The fourth-order valence-electron chi connectivity index (χ4n) is 7.91. The van der Waals surface area contributed by atoms with Gasteiger partial charge in [0.05, 0.1) is 28.2 Å².